The van der Waals surface area contributed by atoms with Gasteiger partial charge in [0.05, 0.1) is 6.26 Å². The predicted octanol–water partition coefficient (Wildman–Crippen LogP) is 0.598. The molecule has 1 heterocycles. The molecular weight excluding hydrogens is 303 g/mol. The molecule has 0 saturated carbocycles. The molecule has 1 rings (SSSR count). The second-order valence-electron chi connectivity index (χ2n) is 3.47. The molecule has 0 aromatic carbocycles. The van der Waals surface area contributed by atoms with Crippen molar-refractivity contribution in [1.82, 2.24) is 7.84 Å². The fraction of sp³-hybridized carbons (Fsp3) is 1.00. The van der Waals surface area contributed by atoms with Crippen LogP contribution in [0.4, 0.5) is 0 Å². The fourth-order valence-corrected chi connectivity index (χ4v) is 2.47. The van der Waals surface area contributed by atoms with Gasteiger partial charge in [-0.2, -0.15) is 0 Å². The minimum atomic E-state index is -3.00. The third kappa shape index (κ3) is 5.14. The van der Waals surface area contributed by atoms with E-state index in [9.17, 15) is 8.42 Å². The molecular formula is C7H15IN2O2S. The third-order valence-electron chi connectivity index (χ3n) is 2.19. The molecule has 0 spiro atoms. The predicted molar refractivity (Wildman–Crippen MR) is 61.2 cm³/mol. The van der Waals surface area contributed by atoms with E-state index in [-0.39, 0.29) is 0 Å². The number of halogens is 1. The molecule has 1 aliphatic rings. The van der Waals surface area contributed by atoms with Crippen LogP contribution in [0, 0.1) is 5.92 Å². The summed E-state index contributed by atoms with van der Waals surface area (Å²) in [5, 5.41) is 0. The number of hydrogen-bond donors (Lipinski definition) is 1. The van der Waals surface area contributed by atoms with E-state index in [0.29, 0.717) is 12.5 Å². The fourth-order valence-electron chi connectivity index (χ4n) is 1.37. The maximum absolute atomic E-state index is 10.8. The lowest BCUT2D eigenvalue weighted by Crippen LogP contribution is -2.34. The molecule has 0 aromatic rings. The summed E-state index contributed by atoms with van der Waals surface area (Å²) in [4.78, 5) is 0. The van der Waals surface area contributed by atoms with Gasteiger partial charge in [0.1, 0.15) is 0 Å². The van der Waals surface area contributed by atoms with Gasteiger partial charge in [-0.25, -0.2) is 16.3 Å². The zero-order valence-electron chi connectivity index (χ0n) is 7.66. The van der Waals surface area contributed by atoms with E-state index in [4.69, 9.17) is 0 Å². The van der Waals surface area contributed by atoms with Crippen molar-refractivity contribution in [3.8, 4) is 0 Å². The molecule has 1 saturated heterocycles. The molecule has 0 radical (unpaired) electrons. The molecule has 78 valence electrons. The average Bonchev–Trinajstić information content (AvgIpc) is 2.02. The Hall–Kier alpha value is 0.600. The second kappa shape index (κ2) is 4.90. The van der Waals surface area contributed by atoms with Gasteiger partial charge in [0.2, 0.25) is 10.0 Å². The van der Waals surface area contributed by atoms with E-state index in [1.807, 2.05) is 0 Å². The smallest absolute Gasteiger partial charge is 0.208 e. The standard InChI is InChI=1S/C7H15IN2O2S/c1-13(11,12)9-6-7-2-4-10(8)5-3-7/h7,9H,2-6H2,1H3. The van der Waals surface area contributed by atoms with Crippen molar-refractivity contribution in [1.29, 1.82) is 0 Å². The molecule has 1 fully saturated rings. The van der Waals surface area contributed by atoms with Gasteiger partial charge in [0.15, 0.2) is 0 Å². The third-order valence-corrected chi connectivity index (χ3v) is 3.85. The lowest BCUT2D eigenvalue weighted by molar-refractivity contribution is 0.309. The van der Waals surface area contributed by atoms with E-state index in [0.717, 1.165) is 25.9 Å². The van der Waals surface area contributed by atoms with Crippen LogP contribution < -0.4 is 4.72 Å². The average molecular weight is 318 g/mol. The Labute approximate surface area is 93.6 Å². The van der Waals surface area contributed by atoms with Crippen LogP contribution in [0.5, 0.6) is 0 Å². The van der Waals surface area contributed by atoms with Crippen LogP contribution >= 0.6 is 22.9 Å². The highest BCUT2D eigenvalue weighted by atomic mass is 127. The first-order valence-corrected chi connectivity index (χ1v) is 7.18. The quantitative estimate of drug-likeness (QED) is 0.612. The normalized spacial score (nSPS) is 22.0. The Morgan fingerprint density at radius 3 is 2.46 bits per heavy atom. The lowest BCUT2D eigenvalue weighted by atomic mass is 9.99. The number of nitrogens with one attached hydrogen (secondary N) is 1. The van der Waals surface area contributed by atoms with Crippen molar-refractivity contribution in [2.75, 3.05) is 25.9 Å². The van der Waals surface area contributed by atoms with E-state index in [1.54, 1.807) is 0 Å². The van der Waals surface area contributed by atoms with E-state index in [2.05, 4.69) is 30.7 Å². The summed E-state index contributed by atoms with van der Waals surface area (Å²) in [6.07, 6.45) is 3.39. The first kappa shape index (κ1) is 11.7. The van der Waals surface area contributed by atoms with Crippen molar-refractivity contribution in [2.45, 2.75) is 12.8 Å². The molecule has 13 heavy (non-hydrogen) atoms. The minimum absolute atomic E-state index is 0.515. The number of piperidine rings is 1. The Balaban J connectivity index is 2.24. The number of sulfonamides is 1. The van der Waals surface area contributed by atoms with Crippen molar-refractivity contribution >= 4 is 32.9 Å². The Bertz CT molecular complexity index is 247. The largest absolute Gasteiger partial charge is 0.248 e. The molecule has 6 heteroatoms. The van der Waals surface area contributed by atoms with Gasteiger partial charge in [-0.1, -0.05) is 0 Å². The maximum Gasteiger partial charge on any atom is 0.208 e. The van der Waals surface area contributed by atoms with Gasteiger partial charge in [0, 0.05) is 42.5 Å². The molecule has 1 aliphatic heterocycles. The van der Waals surface area contributed by atoms with E-state index < -0.39 is 10.0 Å². The van der Waals surface area contributed by atoms with E-state index >= 15 is 0 Å². The molecule has 0 aromatic heterocycles. The lowest BCUT2D eigenvalue weighted by Gasteiger charge is -2.27. The van der Waals surface area contributed by atoms with Gasteiger partial charge in [-0.05, 0) is 18.8 Å². The van der Waals surface area contributed by atoms with Crippen molar-refractivity contribution < 1.29 is 8.42 Å². The molecule has 4 nitrogen and oxygen atoms in total. The summed E-state index contributed by atoms with van der Waals surface area (Å²) < 4.78 is 26.4. The van der Waals surface area contributed by atoms with Crippen molar-refractivity contribution in [3.63, 3.8) is 0 Å². The summed E-state index contributed by atoms with van der Waals surface area (Å²) in [7, 11) is -3.00. The topological polar surface area (TPSA) is 49.4 Å². The van der Waals surface area contributed by atoms with Gasteiger partial charge < -0.3 is 0 Å². The summed E-state index contributed by atoms with van der Waals surface area (Å²) >= 11 is 2.31. The van der Waals surface area contributed by atoms with Crippen molar-refractivity contribution in [2.24, 2.45) is 5.92 Å². The number of nitrogens with zero attached hydrogens (tertiary/aromatic N) is 1. The molecule has 0 unspecified atom stereocenters. The number of rotatable bonds is 3. The van der Waals surface area contributed by atoms with Crippen LogP contribution in [0.25, 0.3) is 0 Å². The SMILES string of the molecule is CS(=O)(=O)NCC1CCN(I)CC1. The highest BCUT2D eigenvalue weighted by Gasteiger charge is 2.18. The van der Waals surface area contributed by atoms with Crippen LogP contribution in [-0.4, -0.2) is 37.4 Å². The Kier molecular flexibility index (Phi) is 4.40. The van der Waals surface area contributed by atoms with Crippen LogP contribution in [0.1, 0.15) is 12.8 Å². The molecule has 0 amide bonds. The first-order valence-electron chi connectivity index (χ1n) is 4.33. The second-order valence-corrected chi connectivity index (χ2v) is 6.67. The van der Waals surface area contributed by atoms with Gasteiger partial charge >= 0.3 is 0 Å². The van der Waals surface area contributed by atoms with Crippen molar-refractivity contribution in [3.05, 3.63) is 0 Å². The molecule has 1 N–H and O–H groups in total. The van der Waals surface area contributed by atoms with Gasteiger partial charge in [0.25, 0.3) is 0 Å². The molecule has 0 aliphatic carbocycles. The van der Waals surface area contributed by atoms with Gasteiger partial charge in [-0.15, -0.1) is 0 Å². The van der Waals surface area contributed by atoms with Gasteiger partial charge in [-0.3, -0.25) is 0 Å². The Morgan fingerprint density at radius 2 is 2.00 bits per heavy atom. The summed E-state index contributed by atoms with van der Waals surface area (Å²) in [5.74, 6) is 0.515. The minimum Gasteiger partial charge on any atom is -0.248 e. The van der Waals surface area contributed by atoms with Crippen LogP contribution in [0.15, 0.2) is 0 Å². The maximum atomic E-state index is 10.8. The molecule has 0 bridgehead atoms. The van der Waals surface area contributed by atoms with E-state index in [1.165, 1.54) is 6.26 Å². The van der Waals surface area contributed by atoms with Crippen LogP contribution in [-0.2, 0) is 10.0 Å². The number of hydrogen-bond acceptors (Lipinski definition) is 3. The summed E-state index contributed by atoms with van der Waals surface area (Å²) in [6, 6.07) is 0. The van der Waals surface area contributed by atoms with Crippen LogP contribution in [0.3, 0.4) is 0 Å². The zero-order valence-corrected chi connectivity index (χ0v) is 10.6. The monoisotopic (exact) mass is 318 g/mol. The first-order chi connectivity index (χ1) is 5.97. The molecule has 0 atom stereocenters. The zero-order chi connectivity index (χ0) is 9.90. The highest BCUT2D eigenvalue weighted by Crippen LogP contribution is 2.18. The summed E-state index contributed by atoms with van der Waals surface area (Å²) in [6.45, 7) is 2.73. The summed E-state index contributed by atoms with van der Waals surface area (Å²) in [5.41, 5.74) is 0. The van der Waals surface area contributed by atoms with Crippen LogP contribution in [0.2, 0.25) is 0 Å². The highest BCUT2D eigenvalue weighted by molar-refractivity contribution is 14.1. The Morgan fingerprint density at radius 1 is 1.46 bits per heavy atom.